The maximum Gasteiger partial charge on any atom is 0.302 e. The Morgan fingerprint density at radius 2 is 2.47 bits per heavy atom. The number of rotatable bonds is 2. The molecule has 82 valence electrons. The van der Waals surface area contributed by atoms with E-state index in [-0.39, 0.29) is 11.9 Å². The van der Waals surface area contributed by atoms with Crippen LogP contribution in [0.5, 0.6) is 0 Å². The molecular formula is C10H13NO3S. The van der Waals surface area contributed by atoms with Gasteiger partial charge in [-0.15, -0.1) is 11.8 Å². The van der Waals surface area contributed by atoms with E-state index in [1.165, 1.54) is 6.92 Å². The van der Waals surface area contributed by atoms with E-state index in [1.54, 1.807) is 16.7 Å². The van der Waals surface area contributed by atoms with Gasteiger partial charge >= 0.3 is 5.97 Å². The SMILES string of the molecule is CC(=O)OCC1=CN2C(=O)C[C@@H]2S[C@H]1C. The molecule has 0 saturated carbocycles. The van der Waals surface area contributed by atoms with Crippen molar-refractivity contribution in [3.63, 3.8) is 0 Å². The Kier molecular flexibility index (Phi) is 2.73. The van der Waals surface area contributed by atoms with E-state index in [2.05, 4.69) is 6.92 Å². The third-order valence-electron chi connectivity index (χ3n) is 2.58. The molecule has 4 nitrogen and oxygen atoms in total. The number of carbonyl (C=O) groups is 2. The lowest BCUT2D eigenvalue weighted by Crippen LogP contribution is -2.50. The lowest BCUT2D eigenvalue weighted by atomic mass is 10.1. The summed E-state index contributed by atoms with van der Waals surface area (Å²) < 4.78 is 4.94. The maximum atomic E-state index is 11.2. The molecule has 0 bridgehead atoms. The number of hydrogen-bond donors (Lipinski definition) is 0. The van der Waals surface area contributed by atoms with E-state index in [1.807, 2.05) is 6.20 Å². The summed E-state index contributed by atoms with van der Waals surface area (Å²) in [5.41, 5.74) is 1.000. The van der Waals surface area contributed by atoms with Crippen LogP contribution in [0.15, 0.2) is 11.8 Å². The first-order valence-electron chi connectivity index (χ1n) is 4.88. The number of nitrogens with zero attached hydrogens (tertiary/aromatic N) is 1. The van der Waals surface area contributed by atoms with Crippen LogP contribution in [0.3, 0.4) is 0 Å². The predicted octanol–water partition coefficient (Wildman–Crippen LogP) is 1.13. The summed E-state index contributed by atoms with van der Waals surface area (Å²) >= 11 is 1.75. The zero-order valence-corrected chi connectivity index (χ0v) is 9.54. The first kappa shape index (κ1) is 10.5. The van der Waals surface area contributed by atoms with Crippen molar-refractivity contribution in [2.75, 3.05) is 6.61 Å². The molecule has 2 rings (SSSR count). The summed E-state index contributed by atoms with van der Waals surface area (Å²) in [5.74, 6) is -0.134. The van der Waals surface area contributed by atoms with Gasteiger partial charge in [-0.3, -0.25) is 9.59 Å². The Bertz CT molecular complexity index is 340. The van der Waals surface area contributed by atoms with Crippen molar-refractivity contribution in [2.45, 2.75) is 30.9 Å². The van der Waals surface area contributed by atoms with E-state index >= 15 is 0 Å². The van der Waals surface area contributed by atoms with Crippen molar-refractivity contribution in [2.24, 2.45) is 0 Å². The van der Waals surface area contributed by atoms with E-state index in [0.717, 1.165) is 5.57 Å². The Morgan fingerprint density at radius 3 is 3.07 bits per heavy atom. The first-order chi connectivity index (χ1) is 7.08. The summed E-state index contributed by atoms with van der Waals surface area (Å²) in [4.78, 5) is 23.6. The molecule has 2 atom stereocenters. The van der Waals surface area contributed by atoms with Crippen LogP contribution in [0.4, 0.5) is 0 Å². The summed E-state index contributed by atoms with van der Waals surface area (Å²) in [5, 5.41) is 0.618. The number of esters is 1. The van der Waals surface area contributed by atoms with Crippen LogP contribution in [-0.2, 0) is 14.3 Å². The third-order valence-corrected chi connectivity index (χ3v) is 4.00. The van der Waals surface area contributed by atoms with Gasteiger partial charge < -0.3 is 9.64 Å². The van der Waals surface area contributed by atoms with Crippen molar-refractivity contribution >= 4 is 23.6 Å². The normalized spacial score (nSPS) is 29.1. The van der Waals surface area contributed by atoms with Crippen molar-refractivity contribution in [1.29, 1.82) is 0 Å². The molecule has 0 aromatic carbocycles. The summed E-state index contributed by atoms with van der Waals surface area (Å²) in [6, 6.07) is 0. The number of carbonyl (C=O) groups excluding carboxylic acids is 2. The van der Waals surface area contributed by atoms with Crippen molar-refractivity contribution in [1.82, 2.24) is 4.90 Å². The van der Waals surface area contributed by atoms with E-state index < -0.39 is 0 Å². The van der Waals surface area contributed by atoms with Gasteiger partial charge in [0.25, 0.3) is 0 Å². The minimum atomic E-state index is -0.287. The maximum absolute atomic E-state index is 11.2. The largest absolute Gasteiger partial charge is 0.461 e. The third kappa shape index (κ3) is 2.02. The molecule has 0 aliphatic carbocycles. The molecule has 5 heteroatoms. The van der Waals surface area contributed by atoms with Crippen molar-refractivity contribution in [3.05, 3.63) is 11.8 Å². The summed E-state index contributed by atoms with van der Waals surface area (Å²) in [6.45, 7) is 3.75. The zero-order valence-electron chi connectivity index (χ0n) is 8.73. The molecule has 0 spiro atoms. The highest BCUT2D eigenvalue weighted by Crippen LogP contribution is 2.39. The molecular weight excluding hydrogens is 214 g/mol. The Balaban J connectivity index is 2.02. The Labute approximate surface area is 92.6 Å². The molecule has 15 heavy (non-hydrogen) atoms. The van der Waals surface area contributed by atoms with Gasteiger partial charge in [0.15, 0.2) is 0 Å². The number of amides is 1. The molecule has 0 N–H and O–H groups in total. The second-order valence-electron chi connectivity index (χ2n) is 3.72. The second-order valence-corrected chi connectivity index (χ2v) is 5.25. The minimum absolute atomic E-state index is 0.153. The second kappa shape index (κ2) is 3.89. The van der Waals surface area contributed by atoms with E-state index in [4.69, 9.17) is 4.74 Å². The predicted molar refractivity (Wildman–Crippen MR) is 57.0 cm³/mol. The summed E-state index contributed by atoms with van der Waals surface area (Å²) in [6.07, 6.45) is 2.47. The lowest BCUT2D eigenvalue weighted by Gasteiger charge is -2.43. The van der Waals surface area contributed by atoms with Crippen LogP contribution in [0, 0.1) is 0 Å². The highest BCUT2D eigenvalue weighted by molar-refractivity contribution is 8.00. The van der Waals surface area contributed by atoms with Crippen molar-refractivity contribution in [3.8, 4) is 0 Å². The molecule has 2 aliphatic rings. The van der Waals surface area contributed by atoms with Gasteiger partial charge in [-0.2, -0.15) is 0 Å². The first-order valence-corrected chi connectivity index (χ1v) is 5.83. The molecule has 0 radical (unpaired) electrons. The fraction of sp³-hybridized carbons (Fsp3) is 0.600. The van der Waals surface area contributed by atoms with Gasteiger partial charge in [0, 0.05) is 18.4 Å². The van der Waals surface area contributed by atoms with Crippen LogP contribution in [0.2, 0.25) is 0 Å². The number of fused-ring (bicyclic) bond motifs is 1. The van der Waals surface area contributed by atoms with E-state index in [0.29, 0.717) is 23.7 Å². The molecule has 2 aliphatic heterocycles. The van der Waals surface area contributed by atoms with Crippen LogP contribution in [0.1, 0.15) is 20.3 Å². The van der Waals surface area contributed by atoms with Crippen LogP contribution < -0.4 is 0 Å². The zero-order chi connectivity index (χ0) is 11.0. The van der Waals surface area contributed by atoms with Crippen LogP contribution in [-0.4, -0.2) is 34.0 Å². The molecule has 1 saturated heterocycles. The number of hydrogen-bond acceptors (Lipinski definition) is 4. The molecule has 0 unspecified atom stereocenters. The fourth-order valence-corrected chi connectivity index (χ4v) is 2.94. The smallest absolute Gasteiger partial charge is 0.302 e. The fourth-order valence-electron chi connectivity index (χ4n) is 1.62. The van der Waals surface area contributed by atoms with E-state index in [9.17, 15) is 9.59 Å². The lowest BCUT2D eigenvalue weighted by molar-refractivity contribution is -0.140. The van der Waals surface area contributed by atoms with Crippen molar-refractivity contribution < 1.29 is 14.3 Å². The van der Waals surface area contributed by atoms with Crippen LogP contribution >= 0.6 is 11.8 Å². The summed E-state index contributed by atoms with van der Waals surface area (Å²) in [7, 11) is 0. The number of β-lactam (4-membered cyclic amide) rings is 1. The van der Waals surface area contributed by atoms with Gasteiger partial charge in [0.2, 0.25) is 5.91 Å². The average Bonchev–Trinajstić information content (AvgIpc) is 2.15. The van der Waals surface area contributed by atoms with Gasteiger partial charge in [0.1, 0.15) is 6.61 Å². The van der Waals surface area contributed by atoms with Gasteiger partial charge in [-0.05, 0) is 12.5 Å². The molecule has 1 fully saturated rings. The average molecular weight is 227 g/mol. The standard InChI is InChI=1S/C10H13NO3S/c1-6-8(5-14-7(2)12)4-11-9(13)3-10(11)15-6/h4,6,10H,3,5H2,1-2H3/t6-,10-/m0/s1. The van der Waals surface area contributed by atoms with Gasteiger partial charge in [-0.25, -0.2) is 0 Å². The highest BCUT2D eigenvalue weighted by Gasteiger charge is 2.40. The highest BCUT2D eigenvalue weighted by atomic mass is 32.2. The quantitative estimate of drug-likeness (QED) is 0.524. The van der Waals surface area contributed by atoms with Crippen LogP contribution in [0.25, 0.3) is 0 Å². The Hall–Kier alpha value is -0.970. The molecule has 0 aromatic rings. The molecule has 2 heterocycles. The number of thioether (sulfide) groups is 1. The topological polar surface area (TPSA) is 46.6 Å². The van der Waals surface area contributed by atoms with Gasteiger partial charge in [-0.1, -0.05) is 0 Å². The van der Waals surface area contributed by atoms with Gasteiger partial charge in [0.05, 0.1) is 11.8 Å². The molecule has 0 aromatic heterocycles. The molecule has 1 amide bonds. The monoisotopic (exact) mass is 227 g/mol. The minimum Gasteiger partial charge on any atom is -0.461 e. The number of ether oxygens (including phenoxy) is 1. The Morgan fingerprint density at radius 1 is 1.73 bits per heavy atom.